The van der Waals surface area contributed by atoms with E-state index in [4.69, 9.17) is 4.74 Å². The summed E-state index contributed by atoms with van der Waals surface area (Å²) in [5.74, 6) is 0.364. The quantitative estimate of drug-likeness (QED) is 0.849. The van der Waals surface area contributed by atoms with Gasteiger partial charge in [-0.25, -0.2) is 0 Å². The summed E-state index contributed by atoms with van der Waals surface area (Å²) in [5.41, 5.74) is 0.263. The van der Waals surface area contributed by atoms with Gasteiger partial charge in [0, 0.05) is 16.4 Å². The minimum absolute atomic E-state index is 0.0913. The summed E-state index contributed by atoms with van der Waals surface area (Å²) in [6.45, 7) is 7.52. The lowest BCUT2D eigenvalue weighted by atomic mass is 9.81. The molecule has 2 atom stereocenters. The minimum atomic E-state index is -0.313. The summed E-state index contributed by atoms with van der Waals surface area (Å²) in [6.07, 6.45) is 6.67. The number of rotatable bonds is 2. The average molecular weight is 308 g/mol. The number of aliphatic hydroxyl groups is 1. The average Bonchev–Trinajstić information content (AvgIpc) is 3.07. The Morgan fingerprint density at radius 2 is 2.00 bits per heavy atom. The van der Waals surface area contributed by atoms with E-state index < -0.39 is 0 Å². The zero-order valence-electron chi connectivity index (χ0n) is 13.5. The monoisotopic (exact) mass is 308 g/mol. The lowest BCUT2D eigenvalue weighted by Gasteiger charge is -2.39. The Kier molecular flexibility index (Phi) is 4.19. The zero-order valence-corrected chi connectivity index (χ0v) is 14.3. The summed E-state index contributed by atoms with van der Waals surface area (Å²) < 4.78 is 6.09. The van der Waals surface area contributed by atoms with Gasteiger partial charge < -0.3 is 9.84 Å². The van der Waals surface area contributed by atoms with E-state index in [9.17, 15) is 5.11 Å². The molecule has 2 heterocycles. The standard InChI is InChI=1S/C18H28O2S/c1-17(2,3)15-7-6-14(21-15)16(19)13-8-11-20-18(12-13)9-4-5-10-18/h6-7,13,16,19H,4-5,8-12H2,1-3H3. The van der Waals surface area contributed by atoms with Crippen molar-refractivity contribution in [1.29, 1.82) is 0 Å². The molecule has 0 aromatic carbocycles. The summed E-state index contributed by atoms with van der Waals surface area (Å²) >= 11 is 1.78. The number of hydrogen-bond acceptors (Lipinski definition) is 3. The number of thiophene rings is 1. The molecule has 1 aliphatic carbocycles. The van der Waals surface area contributed by atoms with E-state index in [2.05, 4.69) is 32.9 Å². The second-order valence-corrected chi connectivity index (χ2v) is 9.00. The van der Waals surface area contributed by atoms with Crippen LogP contribution >= 0.6 is 11.3 Å². The molecule has 2 unspecified atom stereocenters. The van der Waals surface area contributed by atoms with Crippen LogP contribution in [0.1, 0.15) is 75.2 Å². The fourth-order valence-electron chi connectivity index (χ4n) is 3.85. The molecule has 1 aromatic rings. The summed E-state index contributed by atoms with van der Waals surface area (Å²) in [7, 11) is 0. The fraction of sp³-hybridized carbons (Fsp3) is 0.778. The lowest BCUT2D eigenvalue weighted by molar-refractivity contribution is -0.112. The predicted molar refractivity (Wildman–Crippen MR) is 87.9 cm³/mol. The molecule has 3 rings (SSSR count). The Bertz CT molecular complexity index is 480. The van der Waals surface area contributed by atoms with Crippen LogP contribution in [0.3, 0.4) is 0 Å². The van der Waals surface area contributed by atoms with Gasteiger partial charge in [-0.05, 0) is 49.1 Å². The van der Waals surface area contributed by atoms with Crippen LogP contribution < -0.4 is 0 Å². The maximum atomic E-state index is 10.8. The number of hydrogen-bond donors (Lipinski definition) is 1. The first-order chi connectivity index (χ1) is 9.90. The summed E-state index contributed by atoms with van der Waals surface area (Å²) in [5, 5.41) is 10.8. The zero-order chi connectivity index (χ0) is 15.1. The largest absolute Gasteiger partial charge is 0.387 e. The molecule has 0 amide bonds. The highest BCUT2D eigenvalue weighted by atomic mass is 32.1. The first-order valence-corrected chi connectivity index (χ1v) is 9.14. The lowest BCUT2D eigenvalue weighted by Crippen LogP contribution is -2.39. The van der Waals surface area contributed by atoms with Gasteiger partial charge in [-0.1, -0.05) is 33.6 Å². The summed E-state index contributed by atoms with van der Waals surface area (Å²) in [4.78, 5) is 2.50. The van der Waals surface area contributed by atoms with Gasteiger partial charge in [0.2, 0.25) is 0 Å². The number of aliphatic hydroxyl groups excluding tert-OH is 1. The van der Waals surface area contributed by atoms with Crippen molar-refractivity contribution >= 4 is 11.3 Å². The molecule has 1 saturated carbocycles. The van der Waals surface area contributed by atoms with Crippen LogP contribution in [0.25, 0.3) is 0 Å². The highest BCUT2D eigenvalue weighted by molar-refractivity contribution is 7.12. The van der Waals surface area contributed by atoms with Gasteiger partial charge in [-0.2, -0.15) is 0 Å². The molecule has 2 aliphatic rings. The van der Waals surface area contributed by atoms with Crippen molar-refractivity contribution in [1.82, 2.24) is 0 Å². The molecule has 118 valence electrons. The first-order valence-electron chi connectivity index (χ1n) is 8.32. The third-order valence-electron chi connectivity index (χ3n) is 5.15. The fourth-order valence-corrected chi connectivity index (χ4v) is 5.00. The molecule has 1 spiro atoms. The molecule has 21 heavy (non-hydrogen) atoms. The third-order valence-corrected chi connectivity index (χ3v) is 6.73. The Morgan fingerprint density at radius 1 is 1.29 bits per heavy atom. The van der Waals surface area contributed by atoms with Crippen molar-refractivity contribution in [2.75, 3.05) is 6.61 Å². The molecule has 0 radical (unpaired) electrons. The van der Waals surface area contributed by atoms with Crippen LogP contribution in [0, 0.1) is 5.92 Å². The van der Waals surface area contributed by atoms with Crippen molar-refractivity contribution in [2.24, 2.45) is 5.92 Å². The van der Waals surface area contributed by atoms with Gasteiger partial charge >= 0.3 is 0 Å². The van der Waals surface area contributed by atoms with E-state index in [1.165, 1.54) is 30.6 Å². The van der Waals surface area contributed by atoms with Crippen LogP contribution in [-0.2, 0) is 10.2 Å². The van der Waals surface area contributed by atoms with Crippen molar-refractivity contribution in [2.45, 2.75) is 76.4 Å². The molecular weight excluding hydrogens is 280 g/mol. The van der Waals surface area contributed by atoms with Crippen molar-refractivity contribution in [3.63, 3.8) is 0 Å². The SMILES string of the molecule is CC(C)(C)c1ccc(C(O)C2CCOC3(CCCC3)C2)s1. The highest BCUT2D eigenvalue weighted by Crippen LogP contribution is 2.46. The van der Waals surface area contributed by atoms with Gasteiger partial charge in [-0.15, -0.1) is 11.3 Å². The normalized spacial score (nSPS) is 27.1. The molecule has 1 aliphatic heterocycles. The van der Waals surface area contributed by atoms with E-state index in [1.807, 2.05) is 0 Å². The molecule has 1 N–H and O–H groups in total. The second-order valence-electron chi connectivity index (χ2n) is 7.89. The van der Waals surface area contributed by atoms with Crippen LogP contribution in [0.5, 0.6) is 0 Å². The van der Waals surface area contributed by atoms with E-state index in [0.29, 0.717) is 5.92 Å². The molecule has 1 aromatic heterocycles. The van der Waals surface area contributed by atoms with Crippen molar-refractivity contribution in [3.8, 4) is 0 Å². The third kappa shape index (κ3) is 3.20. The van der Waals surface area contributed by atoms with E-state index >= 15 is 0 Å². The van der Waals surface area contributed by atoms with Crippen LogP contribution in [0.2, 0.25) is 0 Å². The van der Waals surface area contributed by atoms with E-state index in [1.54, 1.807) is 11.3 Å². The van der Waals surface area contributed by atoms with Gasteiger partial charge in [0.25, 0.3) is 0 Å². The van der Waals surface area contributed by atoms with Crippen LogP contribution in [-0.4, -0.2) is 17.3 Å². The van der Waals surface area contributed by atoms with Crippen molar-refractivity contribution in [3.05, 3.63) is 21.9 Å². The molecule has 3 heteroatoms. The van der Waals surface area contributed by atoms with Crippen LogP contribution in [0.15, 0.2) is 12.1 Å². The smallest absolute Gasteiger partial charge is 0.0912 e. The molecular formula is C18H28O2S. The Hall–Kier alpha value is -0.380. The molecule has 2 nitrogen and oxygen atoms in total. The van der Waals surface area contributed by atoms with Gasteiger partial charge in [0.1, 0.15) is 0 Å². The Balaban J connectivity index is 1.72. The van der Waals surface area contributed by atoms with Crippen LogP contribution in [0.4, 0.5) is 0 Å². The Labute approximate surface area is 132 Å². The second kappa shape index (κ2) is 5.68. The van der Waals surface area contributed by atoms with Gasteiger partial charge in [0.15, 0.2) is 0 Å². The Morgan fingerprint density at radius 3 is 2.62 bits per heavy atom. The van der Waals surface area contributed by atoms with Gasteiger partial charge in [0.05, 0.1) is 11.7 Å². The van der Waals surface area contributed by atoms with Gasteiger partial charge in [-0.3, -0.25) is 0 Å². The first kappa shape index (κ1) is 15.5. The van der Waals surface area contributed by atoms with E-state index in [-0.39, 0.29) is 17.1 Å². The molecule has 2 fully saturated rings. The minimum Gasteiger partial charge on any atom is -0.387 e. The molecule has 1 saturated heterocycles. The topological polar surface area (TPSA) is 29.5 Å². The highest BCUT2D eigenvalue weighted by Gasteiger charge is 2.42. The summed E-state index contributed by atoms with van der Waals surface area (Å²) in [6, 6.07) is 4.32. The van der Waals surface area contributed by atoms with E-state index in [0.717, 1.165) is 24.3 Å². The molecule has 0 bridgehead atoms. The van der Waals surface area contributed by atoms with Crippen molar-refractivity contribution < 1.29 is 9.84 Å². The maximum absolute atomic E-state index is 10.8. The number of ether oxygens (including phenoxy) is 1. The maximum Gasteiger partial charge on any atom is 0.0912 e. The predicted octanol–water partition coefficient (Wildman–Crippen LogP) is 4.82.